The Hall–Kier alpha value is -1.95. The Labute approximate surface area is 150 Å². The first kappa shape index (κ1) is 19.4. The van der Waals surface area contributed by atoms with E-state index in [2.05, 4.69) is 10.6 Å². The molecule has 0 saturated carbocycles. The molecule has 2 rings (SSSR count). The van der Waals surface area contributed by atoms with Crippen molar-refractivity contribution in [3.63, 3.8) is 0 Å². The average molecular weight is 350 g/mol. The van der Waals surface area contributed by atoms with Crippen molar-refractivity contribution < 1.29 is 19.0 Å². The van der Waals surface area contributed by atoms with E-state index in [1.165, 1.54) is 12.8 Å². The average Bonchev–Trinajstić information content (AvgIpc) is 2.66. The number of hydrogen-bond donors (Lipinski definition) is 2. The maximum atomic E-state index is 11.9. The first-order valence-corrected chi connectivity index (χ1v) is 9.04. The molecule has 1 heterocycles. The summed E-state index contributed by atoms with van der Waals surface area (Å²) in [6.45, 7) is 3.33. The van der Waals surface area contributed by atoms with Crippen LogP contribution in [0.25, 0.3) is 0 Å². The van der Waals surface area contributed by atoms with Crippen LogP contribution in [0.2, 0.25) is 0 Å². The Kier molecular flexibility index (Phi) is 8.39. The third-order valence-electron chi connectivity index (χ3n) is 4.48. The molecule has 1 aromatic rings. The molecule has 0 aromatic heterocycles. The standard InChI is InChI=1S/C19H30N2O4/c1-23-16-12-17(24-2)14-18(13-16)25-11-3-8-21-19(22)5-4-15-6-9-20-10-7-15/h12-15,20H,3-11H2,1-2H3,(H,21,22). The minimum absolute atomic E-state index is 0.140. The summed E-state index contributed by atoms with van der Waals surface area (Å²) in [4.78, 5) is 11.9. The maximum absolute atomic E-state index is 11.9. The smallest absolute Gasteiger partial charge is 0.220 e. The van der Waals surface area contributed by atoms with Crippen LogP contribution in [0.1, 0.15) is 32.1 Å². The minimum atomic E-state index is 0.140. The Morgan fingerprint density at radius 1 is 1.12 bits per heavy atom. The van der Waals surface area contributed by atoms with Crippen LogP contribution in [0.4, 0.5) is 0 Å². The van der Waals surface area contributed by atoms with Crippen LogP contribution in [0.5, 0.6) is 17.2 Å². The molecule has 2 N–H and O–H groups in total. The number of carbonyl (C=O) groups excluding carboxylic acids is 1. The van der Waals surface area contributed by atoms with Crippen molar-refractivity contribution in [1.29, 1.82) is 0 Å². The maximum Gasteiger partial charge on any atom is 0.220 e. The zero-order chi connectivity index (χ0) is 17.9. The molecular weight excluding hydrogens is 320 g/mol. The van der Waals surface area contributed by atoms with Crippen molar-refractivity contribution in [3.8, 4) is 17.2 Å². The Morgan fingerprint density at radius 3 is 2.40 bits per heavy atom. The van der Waals surface area contributed by atoms with Crippen molar-refractivity contribution in [2.24, 2.45) is 5.92 Å². The summed E-state index contributed by atoms with van der Waals surface area (Å²) >= 11 is 0. The summed E-state index contributed by atoms with van der Waals surface area (Å²) in [7, 11) is 3.22. The summed E-state index contributed by atoms with van der Waals surface area (Å²) in [5.41, 5.74) is 0. The largest absolute Gasteiger partial charge is 0.496 e. The molecule has 1 fully saturated rings. The summed E-state index contributed by atoms with van der Waals surface area (Å²) in [6.07, 6.45) is 4.75. The fourth-order valence-corrected chi connectivity index (χ4v) is 2.95. The zero-order valence-electron chi connectivity index (χ0n) is 15.3. The highest BCUT2D eigenvalue weighted by molar-refractivity contribution is 5.75. The van der Waals surface area contributed by atoms with E-state index in [1.54, 1.807) is 20.3 Å². The van der Waals surface area contributed by atoms with Gasteiger partial charge < -0.3 is 24.8 Å². The third-order valence-corrected chi connectivity index (χ3v) is 4.48. The van der Waals surface area contributed by atoms with E-state index in [4.69, 9.17) is 14.2 Å². The van der Waals surface area contributed by atoms with Gasteiger partial charge in [-0.2, -0.15) is 0 Å². The molecule has 1 aliphatic heterocycles. The highest BCUT2D eigenvalue weighted by atomic mass is 16.5. The van der Waals surface area contributed by atoms with Crippen LogP contribution in [0.15, 0.2) is 18.2 Å². The Balaban J connectivity index is 1.58. The van der Waals surface area contributed by atoms with Gasteiger partial charge in [-0.05, 0) is 44.7 Å². The molecule has 1 amide bonds. The van der Waals surface area contributed by atoms with E-state index in [1.807, 2.05) is 12.1 Å². The normalized spacial score (nSPS) is 14.8. The highest BCUT2D eigenvalue weighted by Gasteiger charge is 2.14. The van der Waals surface area contributed by atoms with Crippen LogP contribution in [-0.2, 0) is 4.79 Å². The predicted molar refractivity (Wildman–Crippen MR) is 97.5 cm³/mol. The molecule has 0 unspecified atom stereocenters. The molecule has 0 radical (unpaired) electrons. The van der Waals surface area contributed by atoms with Gasteiger partial charge in [-0.1, -0.05) is 0 Å². The SMILES string of the molecule is COc1cc(OC)cc(OCCCNC(=O)CCC2CCNCC2)c1. The number of benzene rings is 1. The highest BCUT2D eigenvalue weighted by Crippen LogP contribution is 2.27. The zero-order valence-corrected chi connectivity index (χ0v) is 15.3. The quantitative estimate of drug-likeness (QED) is 0.634. The van der Waals surface area contributed by atoms with E-state index in [0.29, 0.717) is 42.7 Å². The number of piperidine rings is 1. The van der Waals surface area contributed by atoms with Crippen LogP contribution in [-0.4, -0.2) is 46.4 Å². The summed E-state index contributed by atoms with van der Waals surface area (Å²) in [6, 6.07) is 5.44. The fourth-order valence-electron chi connectivity index (χ4n) is 2.95. The van der Waals surface area contributed by atoms with Crippen LogP contribution in [0, 0.1) is 5.92 Å². The Morgan fingerprint density at radius 2 is 1.76 bits per heavy atom. The van der Waals surface area contributed by atoms with Crippen molar-refractivity contribution in [3.05, 3.63) is 18.2 Å². The van der Waals surface area contributed by atoms with Gasteiger partial charge in [0.25, 0.3) is 0 Å². The van der Waals surface area contributed by atoms with Crippen LogP contribution >= 0.6 is 0 Å². The number of rotatable bonds is 10. The second-order valence-electron chi connectivity index (χ2n) is 6.33. The Bertz CT molecular complexity index is 508. The molecule has 0 atom stereocenters. The number of carbonyl (C=O) groups is 1. The van der Waals surface area contributed by atoms with Crippen molar-refractivity contribution in [2.75, 3.05) is 40.5 Å². The molecule has 0 spiro atoms. The van der Waals surface area contributed by atoms with Gasteiger partial charge >= 0.3 is 0 Å². The molecule has 1 aliphatic rings. The predicted octanol–water partition coefficient (Wildman–Crippen LogP) is 2.37. The van der Waals surface area contributed by atoms with Gasteiger partial charge in [-0.15, -0.1) is 0 Å². The molecule has 0 aliphatic carbocycles. The lowest BCUT2D eigenvalue weighted by atomic mass is 9.93. The first-order chi connectivity index (χ1) is 12.2. The number of hydrogen-bond acceptors (Lipinski definition) is 5. The van der Waals surface area contributed by atoms with Gasteiger partial charge in [-0.3, -0.25) is 4.79 Å². The molecule has 140 valence electrons. The number of nitrogens with one attached hydrogen (secondary N) is 2. The lowest BCUT2D eigenvalue weighted by Crippen LogP contribution is -2.30. The van der Waals surface area contributed by atoms with E-state index in [-0.39, 0.29) is 5.91 Å². The third kappa shape index (κ3) is 7.22. The summed E-state index contributed by atoms with van der Waals surface area (Å²) in [5, 5.41) is 6.32. The number of methoxy groups -OCH3 is 2. The van der Waals surface area contributed by atoms with E-state index in [9.17, 15) is 4.79 Å². The van der Waals surface area contributed by atoms with Gasteiger partial charge in [-0.25, -0.2) is 0 Å². The van der Waals surface area contributed by atoms with E-state index >= 15 is 0 Å². The molecule has 25 heavy (non-hydrogen) atoms. The lowest BCUT2D eigenvalue weighted by Gasteiger charge is -2.22. The van der Waals surface area contributed by atoms with Gasteiger partial charge in [0.05, 0.1) is 20.8 Å². The van der Waals surface area contributed by atoms with Gasteiger partial charge in [0.2, 0.25) is 5.91 Å². The monoisotopic (exact) mass is 350 g/mol. The van der Waals surface area contributed by atoms with Crippen molar-refractivity contribution in [2.45, 2.75) is 32.1 Å². The first-order valence-electron chi connectivity index (χ1n) is 9.04. The second-order valence-corrected chi connectivity index (χ2v) is 6.33. The molecule has 1 aromatic carbocycles. The van der Waals surface area contributed by atoms with Crippen LogP contribution < -0.4 is 24.8 Å². The fraction of sp³-hybridized carbons (Fsp3) is 0.632. The van der Waals surface area contributed by atoms with E-state index < -0.39 is 0 Å². The van der Waals surface area contributed by atoms with Crippen molar-refractivity contribution in [1.82, 2.24) is 10.6 Å². The molecular formula is C19H30N2O4. The lowest BCUT2D eigenvalue weighted by molar-refractivity contribution is -0.121. The summed E-state index contributed by atoms with van der Waals surface area (Å²) in [5.74, 6) is 2.93. The topological polar surface area (TPSA) is 68.8 Å². The van der Waals surface area contributed by atoms with E-state index in [0.717, 1.165) is 25.9 Å². The number of ether oxygens (including phenoxy) is 3. The second kappa shape index (κ2) is 10.8. The molecule has 6 heteroatoms. The number of amides is 1. The van der Waals surface area contributed by atoms with Crippen molar-refractivity contribution >= 4 is 5.91 Å². The summed E-state index contributed by atoms with van der Waals surface area (Å²) < 4.78 is 16.1. The van der Waals surface area contributed by atoms with Crippen LogP contribution in [0.3, 0.4) is 0 Å². The molecule has 6 nitrogen and oxygen atoms in total. The van der Waals surface area contributed by atoms with Gasteiger partial charge in [0.15, 0.2) is 0 Å². The molecule has 0 bridgehead atoms. The van der Waals surface area contributed by atoms with Gasteiger partial charge in [0.1, 0.15) is 17.2 Å². The minimum Gasteiger partial charge on any atom is -0.496 e. The van der Waals surface area contributed by atoms with Gasteiger partial charge in [0, 0.05) is 31.2 Å². The molecule has 1 saturated heterocycles.